The van der Waals surface area contributed by atoms with Crippen molar-refractivity contribution >= 4 is 39.1 Å². The molecule has 3 amide bonds. The summed E-state index contributed by atoms with van der Waals surface area (Å²) in [6, 6.07) is 10.6. The van der Waals surface area contributed by atoms with Gasteiger partial charge in [-0.2, -0.15) is 13.2 Å². The van der Waals surface area contributed by atoms with E-state index in [0.717, 1.165) is 17.0 Å². The number of imide groups is 1. The van der Waals surface area contributed by atoms with Gasteiger partial charge in [0, 0.05) is 35.1 Å². The van der Waals surface area contributed by atoms with Crippen LogP contribution in [0.4, 0.5) is 23.7 Å². The molecule has 35 heavy (non-hydrogen) atoms. The van der Waals surface area contributed by atoms with Gasteiger partial charge >= 0.3 is 11.5 Å². The third kappa shape index (κ3) is 4.37. The molecule has 1 aliphatic heterocycles. The number of rotatable bonds is 5. The van der Waals surface area contributed by atoms with Crippen molar-refractivity contribution < 1.29 is 31.2 Å². The van der Waals surface area contributed by atoms with Crippen LogP contribution >= 0.6 is 11.6 Å². The molecule has 0 aliphatic carbocycles. The minimum atomic E-state index is -5.56. The Morgan fingerprint density at radius 1 is 1.00 bits per heavy atom. The van der Waals surface area contributed by atoms with Gasteiger partial charge in [0.05, 0.1) is 10.6 Å². The number of nitrogens with zero attached hydrogens (tertiary/aromatic N) is 3. The lowest BCUT2D eigenvalue weighted by atomic mass is 10.0. The van der Waals surface area contributed by atoms with E-state index in [1.54, 1.807) is 42.7 Å². The molecule has 0 spiro atoms. The summed E-state index contributed by atoms with van der Waals surface area (Å²) >= 11 is 6.32. The van der Waals surface area contributed by atoms with Crippen LogP contribution in [0.1, 0.15) is 12.5 Å². The first kappa shape index (κ1) is 24.7. The summed E-state index contributed by atoms with van der Waals surface area (Å²) in [5, 5.41) is 0.481. The zero-order valence-electron chi connectivity index (χ0n) is 18.0. The quantitative estimate of drug-likeness (QED) is 0.437. The van der Waals surface area contributed by atoms with Crippen LogP contribution in [0.15, 0.2) is 71.9 Å². The van der Waals surface area contributed by atoms with E-state index in [0.29, 0.717) is 33.8 Å². The van der Waals surface area contributed by atoms with Gasteiger partial charge in [0.15, 0.2) is 0 Å². The molecule has 1 fully saturated rings. The van der Waals surface area contributed by atoms with Crippen molar-refractivity contribution in [2.24, 2.45) is 0 Å². The smallest absolute Gasteiger partial charge is 0.308 e. The molecule has 2 heterocycles. The Hall–Kier alpha value is -3.44. The highest BCUT2D eigenvalue weighted by Crippen LogP contribution is 2.34. The molecule has 3 aromatic rings. The van der Waals surface area contributed by atoms with Gasteiger partial charge in [-0.25, -0.2) is 18.1 Å². The molecular weight excluding hydrogens is 507 g/mol. The maximum absolute atomic E-state index is 13.2. The zero-order valence-corrected chi connectivity index (χ0v) is 19.6. The number of sulfone groups is 1. The largest absolute Gasteiger partial charge is 0.501 e. The van der Waals surface area contributed by atoms with Gasteiger partial charge in [-0.15, -0.1) is 0 Å². The molecule has 1 aliphatic rings. The van der Waals surface area contributed by atoms with Crippen LogP contribution in [-0.2, 0) is 21.2 Å². The number of halogens is 4. The van der Waals surface area contributed by atoms with E-state index in [-0.39, 0.29) is 12.2 Å². The Bertz CT molecular complexity index is 1410. The number of hydrogen-bond acceptors (Lipinski definition) is 5. The first-order valence-electron chi connectivity index (χ1n) is 10.2. The average Bonchev–Trinajstić information content (AvgIpc) is 3.02. The third-order valence-corrected chi connectivity index (χ3v) is 7.44. The fourth-order valence-electron chi connectivity index (χ4n) is 3.73. The fraction of sp³-hybridized carbons (Fsp3) is 0.174. The first-order valence-corrected chi connectivity index (χ1v) is 12.0. The summed E-state index contributed by atoms with van der Waals surface area (Å²) in [6.45, 7) is 1.56. The van der Waals surface area contributed by atoms with Crippen molar-refractivity contribution in [2.75, 3.05) is 4.90 Å². The highest BCUT2D eigenvalue weighted by atomic mass is 35.5. The van der Waals surface area contributed by atoms with Crippen molar-refractivity contribution in [3.63, 3.8) is 0 Å². The minimum absolute atomic E-state index is 0.0336. The number of amides is 3. The highest BCUT2D eigenvalue weighted by molar-refractivity contribution is 7.92. The van der Waals surface area contributed by atoms with Crippen LogP contribution in [0.3, 0.4) is 0 Å². The molecule has 7 nitrogen and oxygen atoms in total. The van der Waals surface area contributed by atoms with Crippen LogP contribution in [0.2, 0.25) is 5.02 Å². The number of aromatic nitrogens is 1. The Morgan fingerprint density at radius 2 is 1.66 bits per heavy atom. The second kappa shape index (κ2) is 8.97. The lowest BCUT2D eigenvalue weighted by molar-refractivity contribution is -0.119. The maximum atomic E-state index is 13.2. The number of anilines is 1. The normalized spacial score (nSPS) is 16.8. The van der Waals surface area contributed by atoms with E-state index in [9.17, 15) is 31.2 Å². The van der Waals surface area contributed by atoms with E-state index in [2.05, 4.69) is 4.98 Å². The summed E-state index contributed by atoms with van der Waals surface area (Å²) < 4.78 is 61.6. The van der Waals surface area contributed by atoms with Crippen molar-refractivity contribution in [1.82, 2.24) is 9.88 Å². The molecule has 0 radical (unpaired) electrons. The predicted octanol–water partition coefficient (Wildman–Crippen LogP) is 5.05. The van der Waals surface area contributed by atoms with Crippen molar-refractivity contribution in [1.29, 1.82) is 0 Å². The number of alkyl halides is 3. The van der Waals surface area contributed by atoms with Crippen molar-refractivity contribution in [3.05, 3.63) is 77.6 Å². The SMILES string of the molecule is CC1C(=O)N(c2ccc(S(=O)(=O)C(F)(F)F)cc2)C(=O)N1Cc1ccncc1-c1ccccc1Cl. The lowest BCUT2D eigenvalue weighted by Gasteiger charge is -2.21. The zero-order chi connectivity index (χ0) is 25.5. The molecule has 1 atom stereocenters. The number of benzene rings is 2. The summed E-state index contributed by atoms with van der Waals surface area (Å²) in [6.07, 6.45) is 3.14. The number of pyridine rings is 1. The van der Waals surface area contributed by atoms with Crippen LogP contribution in [0.5, 0.6) is 0 Å². The molecule has 2 aromatic carbocycles. The number of urea groups is 1. The fourth-order valence-corrected chi connectivity index (χ4v) is 4.72. The number of carbonyl (C=O) groups excluding carboxylic acids is 2. The second-order valence-electron chi connectivity index (χ2n) is 7.72. The minimum Gasteiger partial charge on any atom is -0.308 e. The van der Waals surface area contributed by atoms with Gasteiger partial charge in [0.25, 0.3) is 15.7 Å². The second-order valence-corrected chi connectivity index (χ2v) is 10.1. The van der Waals surface area contributed by atoms with Gasteiger partial charge in [-0.05, 0) is 48.9 Å². The monoisotopic (exact) mass is 523 g/mol. The lowest BCUT2D eigenvalue weighted by Crippen LogP contribution is -2.33. The maximum Gasteiger partial charge on any atom is 0.501 e. The molecule has 0 bridgehead atoms. The molecule has 1 unspecified atom stereocenters. The molecule has 0 N–H and O–H groups in total. The molecule has 4 rings (SSSR count). The Balaban J connectivity index is 1.64. The average molecular weight is 524 g/mol. The first-order chi connectivity index (χ1) is 16.4. The standard InChI is InChI=1S/C23H17ClF3N3O4S/c1-14-21(31)30(16-6-8-17(9-7-16)35(33,34)23(25,26)27)22(32)29(14)13-15-10-11-28-12-19(15)18-4-2-3-5-20(18)24/h2-12,14H,13H2,1H3. The van der Waals surface area contributed by atoms with Crippen molar-refractivity contribution in [3.8, 4) is 11.1 Å². The number of carbonyl (C=O) groups is 2. The van der Waals surface area contributed by atoms with Crippen LogP contribution in [0, 0.1) is 0 Å². The van der Waals surface area contributed by atoms with Gasteiger partial charge in [-0.3, -0.25) is 9.78 Å². The van der Waals surface area contributed by atoms with Gasteiger partial charge < -0.3 is 4.90 Å². The van der Waals surface area contributed by atoms with Gasteiger partial charge in [0.1, 0.15) is 6.04 Å². The predicted molar refractivity (Wildman–Crippen MR) is 122 cm³/mol. The number of hydrogen-bond donors (Lipinski definition) is 0. The molecule has 1 saturated heterocycles. The topological polar surface area (TPSA) is 87.7 Å². The van der Waals surface area contributed by atoms with Crippen molar-refractivity contribution in [2.45, 2.75) is 29.9 Å². The van der Waals surface area contributed by atoms with E-state index < -0.39 is 38.2 Å². The molecule has 12 heteroatoms. The summed E-state index contributed by atoms with van der Waals surface area (Å²) in [5.74, 6) is -0.602. The Morgan fingerprint density at radius 3 is 2.29 bits per heavy atom. The highest BCUT2D eigenvalue weighted by Gasteiger charge is 2.47. The van der Waals surface area contributed by atoms with Crippen LogP contribution in [0.25, 0.3) is 11.1 Å². The van der Waals surface area contributed by atoms with Gasteiger partial charge in [-0.1, -0.05) is 29.8 Å². The molecule has 182 valence electrons. The molecular formula is C23H17ClF3N3O4S. The van der Waals surface area contributed by atoms with E-state index in [4.69, 9.17) is 11.6 Å². The van der Waals surface area contributed by atoms with E-state index >= 15 is 0 Å². The summed E-state index contributed by atoms with van der Waals surface area (Å²) in [7, 11) is -5.56. The van der Waals surface area contributed by atoms with Gasteiger partial charge in [0.2, 0.25) is 0 Å². The van der Waals surface area contributed by atoms with E-state index in [1.807, 2.05) is 0 Å². The van der Waals surface area contributed by atoms with Crippen LogP contribution < -0.4 is 4.90 Å². The summed E-state index contributed by atoms with van der Waals surface area (Å²) in [5.41, 5.74) is -3.47. The Labute approximate surface area is 203 Å². The Kier molecular flexibility index (Phi) is 6.32. The van der Waals surface area contributed by atoms with Crippen LogP contribution in [-0.4, -0.2) is 41.8 Å². The summed E-state index contributed by atoms with van der Waals surface area (Å²) in [4.78, 5) is 31.3. The van der Waals surface area contributed by atoms with E-state index in [1.165, 1.54) is 11.8 Å². The molecule has 0 saturated carbocycles. The molecule has 1 aromatic heterocycles. The third-order valence-electron chi connectivity index (χ3n) is 5.61.